The van der Waals surface area contributed by atoms with E-state index in [1.807, 2.05) is 0 Å². The molecule has 1 N–H and O–H groups in total. The molecule has 0 aliphatic carbocycles. The van der Waals surface area contributed by atoms with Crippen molar-refractivity contribution in [3.63, 3.8) is 0 Å². The predicted octanol–water partition coefficient (Wildman–Crippen LogP) is 0.353. The zero-order valence-electron chi connectivity index (χ0n) is 2.87. The highest BCUT2D eigenvalue weighted by Crippen LogP contribution is 2.01. The second-order valence-electron chi connectivity index (χ2n) is 1.26. The van der Waals surface area contributed by atoms with Crippen LogP contribution in [0.5, 0.6) is 0 Å². The summed E-state index contributed by atoms with van der Waals surface area (Å²) in [7, 11) is 0. The third-order valence-electron chi connectivity index (χ3n) is 0.732. The number of halogens is 1. The van der Waals surface area contributed by atoms with Gasteiger partial charge in [-0.25, -0.2) is 0 Å². The summed E-state index contributed by atoms with van der Waals surface area (Å²) in [4.78, 5) is 0.766. The van der Waals surface area contributed by atoms with Gasteiger partial charge < -0.3 is 5.32 Å². The van der Waals surface area contributed by atoms with Crippen LogP contribution in [0.1, 0.15) is 0 Å². The van der Waals surface area contributed by atoms with Crippen LogP contribution < -0.4 is 5.32 Å². The first-order valence-electron chi connectivity index (χ1n) is 1.74. The number of hydrogen-bond acceptors (Lipinski definition) is 1. The Morgan fingerprint density at radius 1 is 1.60 bits per heavy atom. The van der Waals surface area contributed by atoms with Gasteiger partial charge in [-0.2, -0.15) is 0 Å². The van der Waals surface area contributed by atoms with E-state index in [9.17, 15) is 0 Å². The minimum absolute atomic E-state index is 0.766. The Balaban J connectivity index is 2.08. The van der Waals surface area contributed by atoms with E-state index in [-0.39, 0.29) is 0 Å². The Labute approximate surface area is 39.9 Å². The molecule has 1 rings (SSSR count). The van der Waals surface area contributed by atoms with Gasteiger partial charge >= 0.3 is 0 Å². The zero-order chi connectivity index (χ0) is 3.70. The zero-order valence-corrected chi connectivity index (χ0v) is 4.46. The summed E-state index contributed by atoms with van der Waals surface area (Å²) in [5.41, 5.74) is 0. The molecule has 0 unspecified atom stereocenters. The van der Waals surface area contributed by atoms with E-state index in [0.717, 1.165) is 17.9 Å². The fraction of sp³-hybridized carbons (Fsp3) is 1.00. The Morgan fingerprint density at radius 2 is 2.00 bits per heavy atom. The summed E-state index contributed by atoms with van der Waals surface area (Å²) in [6, 6.07) is 0. The highest BCUT2D eigenvalue weighted by atomic mass is 79.9. The van der Waals surface area contributed by atoms with Gasteiger partial charge in [-0.1, -0.05) is 15.9 Å². The van der Waals surface area contributed by atoms with E-state index < -0.39 is 0 Å². The molecule has 30 valence electrons. The lowest BCUT2D eigenvalue weighted by molar-refractivity contribution is 0.551. The third-order valence-corrected chi connectivity index (χ3v) is 1.38. The van der Waals surface area contributed by atoms with Crippen molar-refractivity contribution in [3.8, 4) is 0 Å². The van der Waals surface area contributed by atoms with Crippen LogP contribution in [-0.4, -0.2) is 17.9 Å². The Morgan fingerprint density at radius 3 is 2.00 bits per heavy atom. The highest BCUT2D eigenvalue weighted by molar-refractivity contribution is 9.09. The van der Waals surface area contributed by atoms with Crippen molar-refractivity contribution in [3.05, 3.63) is 0 Å². The largest absolute Gasteiger partial charge is 0.314 e. The topological polar surface area (TPSA) is 12.0 Å². The molecule has 0 aromatic heterocycles. The molecular weight excluding hydrogens is 130 g/mol. The standard InChI is InChI=1S/C3H6BrN/c4-3-1-5-2-3/h3,5H,1-2H2. The molecule has 0 aromatic carbocycles. The Hall–Kier alpha value is 0.440. The van der Waals surface area contributed by atoms with Crippen LogP contribution in [0.3, 0.4) is 0 Å². The van der Waals surface area contributed by atoms with Crippen molar-refractivity contribution >= 4 is 15.9 Å². The molecule has 1 fully saturated rings. The predicted molar refractivity (Wildman–Crippen MR) is 25.6 cm³/mol. The molecule has 1 aliphatic rings. The van der Waals surface area contributed by atoms with E-state index in [1.54, 1.807) is 0 Å². The molecule has 1 heterocycles. The lowest BCUT2D eigenvalue weighted by atomic mass is 10.3. The van der Waals surface area contributed by atoms with Crippen LogP contribution >= 0.6 is 15.9 Å². The first-order chi connectivity index (χ1) is 2.39. The molecule has 0 bridgehead atoms. The van der Waals surface area contributed by atoms with E-state index in [1.165, 1.54) is 0 Å². The average Bonchev–Trinajstić information content (AvgIpc) is 1.30. The minimum Gasteiger partial charge on any atom is -0.314 e. The SMILES string of the molecule is BrC1CNC1. The number of rotatable bonds is 0. The maximum atomic E-state index is 3.40. The molecule has 2 heteroatoms. The normalized spacial score (nSPS) is 25.8. The van der Waals surface area contributed by atoms with E-state index >= 15 is 0 Å². The van der Waals surface area contributed by atoms with E-state index in [4.69, 9.17) is 0 Å². The monoisotopic (exact) mass is 135 g/mol. The molecule has 1 nitrogen and oxygen atoms in total. The first-order valence-corrected chi connectivity index (χ1v) is 2.66. The Kier molecular flexibility index (Phi) is 0.918. The van der Waals surface area contributed by atoms with E-state index in [0.29, 0.717) is 0 Å². The summed E-state index contributed by atoms with van der Waals surface area (Å²) in [6.45, 7) is 2.31. The Bertz CT molecular complexity index is 33.9. The second kappa shape index (κ2) is 1.27. The quantitative estimate of drug-likeness (QED) is 0.474. The average molecular weight is 136 g/mol. The van der Waals surface area contributed by atoms with Gasteiger partial charge in [0.25, 0.3) is 0 Å². The first kappa shape index (κ1) is 3.62. The van der Waals surface area contributed by atoms with Crippen molar-refractivity contribution in [2.75, 3.05) is 13.1 Å². The van der Waals surface area contributed by atoms with Crippen LogP contribution in [0.2, 0.25) is 0 Å². The molecular formula is C3H6BrN. The third kappa shape index (κ3) is 0.637. The summed E-state index contributed by atoms with van der Waals surface area (Å²) in [5.74, 6) is 0. The van der Waals surface area contributed by atoms with Gasteiger partial charge in [0.15, 0.2) is 0 Å². The molecule has 0 radical (unpaired) electrons. The summed E-state index contributed by atoms with van der Waals surface area (Å²) in [6.07, 6.45) is 0. The summed E-state index contributed by atoms with van der Waals surface area (Å²) in [5, 5.41) is 3.11. The van der Waals surface area contributed by atoms with Crippen LogP contribution in [0, 0.1) is 0 Å². The molecule has 1 aliphatic heterocycles. The van der Waals surface area contributed by atoms with Gasteiger partial charge in [-0.15, -0.1) is 0 Å². The lowest BCUT2D eigenvalue weighted by Gasteiger charge is -2.19. The van der Waals surface area contributed by atoms with Gasteiger partial charge in [0.05, 0.1) is 0 Å². The fourth-order valence-corrected chi connectivity index (χ4v) is 0.711. The second-order valence-corrected chi connectivity index (χ2v) is 2.55. The lowest BCUT2D eigenvalue weighted by Crippen LogP contribution is -2.42. The van der Waals surface area contributed by atoms with Gasteiger partial charge in [-0.3, -0.25) is 0 Å². The smallest absolute Gasteiger partial charge is 0.0395 e. The van der Waals surface area contributed by atoms with Gasteiger partial charge in [0, 0.05) is 17.9 Å². The van der Waals surface area contributed by atoms with Crippen LogP contribution in [0.25, 0.3) is 0 Å². The van der Waals surface area contributed by atoms with Gasteiger partial charge in [0.1, 0.15) is 0 Å². The highest BCUT2D eigenvalue weighted by Gasteiger charge is 2.10. The summed E-state index contributed by atoms with van der Waals surface area (Å²) >= 11 is 3.40. The van der Waals surface area contributed by atoms with Crippen LogP contribution in [0.15, 0.2) is 0 Å². The molecule has 0 spiro atoms. The van der Waals surface area contributed by atoms with Crippen molar-refractivity contribution in [2.45, 2.75) is 4.83 Å². The van der Waals surface area contributed by atoms with Crippen molar-refractivity contribution in [1.29, 1.82) is 0 Å². The molecule has 0 aromatic rings. The maximum absolute atomic E-state index is 3.40. The van der Waals surface area contributed by atoms with Gasteiger partial charge in [0.2, 0.25) is 0 Å². The summed E-state index contributed by atoms with van der Waals surface area (Å²) < 4.78 is 0. The number of alkyl halides is 1. The molecule has 0 amide bonds. The minimum atomic E-state index is 0.766. The van der Waals surface area contributed by atoms with Crippen LogP contribution in [0.4, 0.5) is 0 Å². The van der Waals surface area contributed by atoms with Crippen molar-refractivity contribution in [2.24, 2.45) is 0 Å². The molecule has 0 atom stereocenters. The van der Waals surface area contributed by atoms with Crippen molar-refractivity contribution in [1.82, 2.24) is 5.32 Å². The van der Waals surface area contributed by atoms with Crippen LogP contribution in [-0.2, 0) is 0 Å². The maximum Gasteiger partial charge on any atom is 0.0395 e. The fourth-order valence-electron chi connectivity index (χ4n) is 0.253. The van der Waals surface area contributed by atoms with Gasteiger partial charge in [-0.05, 0) is 0 Å². The molecule has 1 saturated heterocycles. The molecule has 0 saturated carbocycles. The molecule has 5 heavy (non-hydrogen) atoms. The number of nitrogens with one attached hydrogen (secondary N) is 1. The van der Waals surface area contributed by atoms with E-state index in [2.05, 4.69) is 21.2 Å². The number of hydrogen-bond donors (Lipinski definition) is 1. The van der Waals surface area contributed by atoms with Crippen molar-refractivity contribution < 1.29 is 0 Å².